The molecule has 0 atom stereocenters. The number of halogens is 2. The normalized spacial score (nSPS) is 11.4. The van der Waals surface area contributed by atoms with Gasteiger partial charge in [-0.05, 0) is 18.6 Å². The Hall–Kier alpha value is -0.490. The fourth-order valence-electron chi connectivity index (χ4n) is 1.04. The van der Waals surface area contributed by atoms with Gasteiger partial charge in [-0.3, -0.25) is 0 Å². The second-order valence-electron chi connectivity index (χ2n) is 3.12. The maximum Gasteiger partial charge on any atom is 0.209 e. The van der Waals surface area contributed by atoms with Gasteiger partial charge < -0.3 is 4.74 Å². The van der Waals surface area contributed by atoms with Gasteiger partial charge >= 0.3 is 0 Å². The summed E-state index contributed by atoms with van der Waals surface area (Å²) in [6.07, 6.45) is 0.307. The third-order valence-electron chi connectivity index (χ3n) is 1.75. The average Bonchev–Trinajstić information content (AvgIpc) is 2.17. The van der Waals surface area contributed by atoms with Gasteiger partial charge in [0.05, 0.1) is 17.4 Å². The highest BCUT2D eigenvalue weighted by Crippen LogP contribution is 2.31. The monoisotopic (exact) mass is 283 g/mol. The minimum absolute atomic E-state index is 0.120. The number of nitrogens with two attached hydrogens (primary N) is 1. The summed E-state index contributed by atoms with van der Waals surface area (Å²) in [5, 5.41) is 5.55. The van der Waals surface area contributed by atoms with Crippen molar-refractivity contribution < 1.29 is 13.2 Å². The van der Waals surface area contributed by atoms with Crippen molar-refractivity contribution in [1.29, 1.82) is 0 Å². The highest BCUT2D eigenvalue weighted by atomic mass is 35.5. The number of hydrogen-bond donors (Lipinski definition) is 1. The number of benzene rings is 1. The van der Waals surface area contributed by atoms with Crippen molar-refractivity contribution in [1.82, 2.24) is 0 Å². The lowest BCUT2D eigenvalue weighted by Crippen LogP contribution is -2.18. The lowest BCUT2D eigenvalue weighted by molar-refractivity contribution is 0.318. The van der Waals surface area contributed by atoms with Gasteiger partial charge in [-0.2, -0.15) is 0 Å². The second kappa shape index (κ2) is 5.72. The molecule has 16 heavy (non-hydrogen) atoms. The van der Waals surface area contributed by atoms with Gasteiger partial charge in [0, 0.05) is 0 Å². The summed E-state index contributed by atoms with van der Waals surface area (Å²) < 4.78 is 26.6. The molecule has 0 unspecified atom stereocenters. The first-order valence-electron chi connectivity index (χ1n) is 4.47. The molecule has 0 aromatic heterocycles. The molecule has 0 amide bonds. The highest BCUT2D eigenvalue weighted by Gasteiger charge is 2.06. The van der Waals surface area contributed by atoms with Crippen LogP contribution in [0.1, 0.15) is 6.42 Å². The SMILES string of the molecule is NS(=O)(=O)CCCOc1cccc(Cl)c1Cl. The van der Waals surface area contributed by atoms with Gasteiger partial charge in [0.25, 0.3) is 0 Å². The lowest BCUT2D eigenvalue weighted by Gasteiger charge is -2.08. The summed E-state index contributed by atoms with van der Waals surface area (Å²) in [6, 6.07) is 5.00. The van der Waals surface area contributed by atoms with E-state index in [1.54, 1.807) is 18.2 Å². The maximum absolute atomic E-state index is 10.6. The van der Waals surface area contributed by atoms with E-state index in [2.05, 4.69) is 0 Å². The molecule has 7 heteroatoms. The molecule has 0 saturated carbocycles. The van der Waals surface area contributed by atoms with Crippen molar-refractivity contribution >= 4 is 33.2 Å². The van der Waals surface area contributed by atoms with Gasteiger partial charge in [0.1, 0.15) is 10.8 Å². The van der Waals surface area contributed by atoms with Crippen molar-refractivity contribution in [3.8, 4) is 5.75 Å². The van der Waals surface area contributed by atoms with Crippen LogP contribution in [0.25, 0.3) is 0 Å². The highest BCUT2D eigenvalue weighted by molar-refractivity contribution is 7.89. The number of sulfonamides is 1. The Balaban J connectivity index is 2.47. The van der Waals surface area contributed by atoms with Crippen LogP contribution >= 0.6 is 23.2 Å². The van der Waals surface area contributed by atoms with E-state index in [1.165, 1.54) is 0 Å². The number of primary sulfonamides is 1. The molecule has 0 heterocycles. The van der Waals surface area contributed by atoms with Crippen LogP contribution in [0.3, 0.4) is 0 Å². The maximum atomic E-state index is 10.6. The predicted molar refractivity (Wildman–Crippen MR) is 64.5 cm³/mol. The van der Waals surface area contributed by atoms with E-state index >= 15 is 0 Å². The molecule has 1 rings (SSSR count). The zero-order chi connectivity index (χ0) is 12.2. The molecular weight excluding hydrogens is 273 g/mol. The smallest absolute Gasteiger partial charge is 0.209 e. The molecule has 0 spiro atoms. The summed E-state index contributed by atoms with van der Waals surface area (Å²) in [5.74, 6) is 0.314. The molecule has 0 aliphatic carbocycles. The minimum atomic E-state index is -3.44. The Morgan fingerprint density at radius 2 is 2.00 bits per heavy atom. The van der Waals surface area contributed by atoms with Gasteiger partial charge in [-0.15, -0.1) is 0 Å². The van der Waals surface area contributed by atoms with Crippen molar-refractivity contribution in [3.05, 3.63) is 28.2 Å². The van der Waals surface area contributed by atoms with Crippen molar-refractivity contribution in [3.63, 3.8) is 0 Å². The third kappa shape index (κ3) is 4.57. The Bertz CT molecular complexity index is 462. The molecule has 0 aliphatic heterocycles. The lowest BCUT2D eigenvalue weighted by atomic mass is 10.3. The fourth-order valence-corrected chi connectivity index (χ4v) is 1.90. The topological polar surface area (TPSA) is 69.4 Å². The molecule has 0 bridgehead atoms. The van der Waals surface area contributed by atoms with E-state index in [-0.39, 0.29) is 12.4 Å². The summed E-state index contributed by atoms with van der Waals surface area (Å²) in [6.45, 7) is 0.219. The first-order valence-corrected chi connectivity index (χ1v) is 6.94. The summed E-state index contributed by atoms with van der Waals surface area (Å²) in [4.78, 5) is 0. The third-order valence-corrected chi connectivity index (χ3v) is 3.41. The predicted octanol–water partition coefficient (Wildman–Crippen LogP) is 2.05. The Morgan fingerprint density at radius 3 is 2.62 bits per heavy atom. The van der Waals surface area contributed by atoms with E-state index in [1.807, 2.05) is 0 Å². The molecule has 2 N–H and O–H groups in total. The standard InChI is InChI=1S/C9H11Cl2NO3S/c10-7-3-1-4-8(9(7)11)15-5-2-6-16(12,13)14/h1,3-4H,2,5-6H2,(H2,12,13,14). The zero-order valence-corrected chi connectivity index (χ0v) is 10.6. The van der Waals surface area contributed by atoms with Crippen LogP contribution in [0, 0.1) is 0 Å². The summed E-state index contributed by atoms with van der Waals surface area (Å²) >= 11 is 11.6. The van der Waals surface area contributed by atoms with E-state index in [0.717, 1.165) is 0 Å². The Labute approximate surface area is 104 Å². The molecule has 4 nitrogen and oxygen atoms in total. The van der Waals surface area contributed by atoms with E-state index in [9.17, 15) is 8.42 Å². The first-order chi connectivity index (χ1) is 7.40. The van der Waals surface area contributed by atoms with Crippen LogP contribution in [0.4, 0.5) is 0 Å². The van der Waals surface area contributed by atoms with Crippen LogP contribution in [-0.4, -0.2) is 20.8 Å². The van der Waals surface area contributed by atoms with Crippen molar-refractivity contribution in [2.24, 2.45) is 5.14 Å². The first kappa shape index (κ1) is 13.6. The van der Waals surface area contributed by atoms with Crippen LogP contribution < -0.4 is 9.88 Å². The molecule has 0 fully saturated rings. The fraction of sp³-hybridized carbons (Fsp3) is 0.333. The Kier molecular flexibility index (Phi) is 4.86. The van der Waals surface area contributed by atoms with Crippen molar-refractivity contribution in [2.75, 3.05) is 12.4 Å². The molecule has 0 saturated heterocycles. The van der Waals surface area contributed by atoms with Crippen LogP contribution in [-0.2, 0) is 10.0 Å². The van der Waals surface area contributed by atoms with E-state index < -0.39 is 10.0 Å². The van der Waals surface area contributed by atoms with Crippen LogP contribution in [0.5, 0.6) is 5.75 Å². The van der Waals surface area contributed by atoms with E-state index in [4.69, 9.17) is 33.1 Å². The largest absolute Gasteiger partial charge is 0.492 e. The van der Waals surface area contributed by atoms with Gasteiger partial charge in [-0.1, -0.05) is 29.3 Å². The summed E-state index contributed by atoms with van der Waals surface area (Å²) in [5.41, 5.74) is 0. The molecule has 90 valence electrons. The molecular formula is C9H11Cl2NO3S. The molecule has 1 aromatic rings. The molecule has 0 radical (unpaired) electrons. The zero-order valence-electron chi connectivity index (χ0n) is 8.32. The average molecular weight is 284 g/mol. The van der Waals surface area contributed by atoms with Crippen molar-refractivity contribution in [2.45, 2.75) is 6.42 Å². The molecule has 1 aromatic carbocycles. The van der Waals surface area contributed by atoms with Crippen LogP contribution in [0.15, 0.2) is 18.2 Å². The van der Waals surface area contributed by atoms with E-state index in [0.29, 0.717) is 22.2 Å². The van der Waals surface area contributed by atoms with Gasteiger partial charge in [-0.25, -0.2) is 13.6 Å². The van der Waals surface area contributed by atoms with Gasteiger partial charge in [0.2, 0.25) is 10.0 Å². The van der Waals surface area contributed by atoms with Crippen LogP contribution in [0.2, 0.25) is 10.0 Å². The molecule has 0 aliphatic rings. The number of ether oxygens (including phenoxy) is 1. The minimum Gasteiger partial charge on any atom is -0.492 e. The second-order valence-corrected chi connectivity index (χ2v) is 5.64. The quantitative estimate of drug-likeness (QED) is 0.841. The van der Waals surface area contributed by atoms with Gasteiger partial charge in [0.15, 0.2) is 0 Å². The summed E-state index contributed by atoms with van der Waals surface area (Å²) in [7, 11) is -3.44. The number of rotatable bonds is 5. The Morgan fingerprint density at radius 1 is 1.31 bits per heavy atom. The number of hydrogen-bond acceptors (Lipinski definition) is 3.